The van der Waals surface area contributed by atoms with E-state index >= 15 is 0 Å². The van der Waals surface area contributed by atoms with Gasteiger partial charge in [0.2, 0.25) is 5.91 Å². The van der Waals surface area contributed by atoms with Gasteiger partial charge in [-0.3, -0.25) is 9.48 Å². The van der Waals surface area contributed by atoms with Crippen LogP contribution in [0, 0.1) is 5.92 Å². The van der Waals surface area contributed by atoms with Crippen LogP contribution in [0.5, 0.6) is 5.75 Å². The van der Waals surface area contributed by atoms with Crippen molar-refractivity contribution in [1.29, 1.82) is 0 Å². The second-order valence-electron chi connectivity index (χ2n) is 8.04. The molecule has 2 N–H and O–H groups in total. The van der Waals surface area contributed by atoms with Gasteiger partial charge in [0.1, 0.15) is 12.1 Å². The molecule has 0 saturated heterocycles. The average molecular weight is 490 g/mol. The molecular weight excluding hydrogens is 468 g/mol. The number of nitrogens with zero attached hydrogens (tertiary/aromatic N) is 6. The van der Waals surface area contributed by atoms with Crippen LogP contribution < -0.4 is 15.4 Å². The quantitative estimate of drug-likeness (QED) is 0.350. The lowest BCUT2D eigenvalue weighted by molar-refractivity contribution is -0.117. The van der Waals surface area contributed by atoms with Crippen molar-refractivity contribution >= 4 is 29.1 Å². The molecule has 5 rings (SSSR count). The highest BCUT2D eigenvalue weighted by Crippen LogP contribution is 2.39. The van der Waals surface area contributed by atoms with Crippen LogP contribution in [0.2, 0.25) is 0 Å². The third-order valence-corrected chi connectivity index (χ3v) is 5.45. The molecule has 13 heteroatoms. The van der Waals surface area contributed by atoms with Gasteiger partial charge in [-0.15, -0.1) is 10.2 Å². The normalized spacial score (nSPS) is 12.8. The Labute approximate surface area is 204 Å². The van der Waals surface area contributed by atoms with Crippen molar-refractivity contribution in [3.05, 3.63) is 42.7 Å². The van der Waals surface area contributed by atoms with Gasteiger partial charge in [0.25, 0.3) is 5.89 Å². The molecule has 13 nitrogen and oxygen atoms in total. The number of carbonyl (C=O) groups excluding carboxylic acids is 2. The lowest BCUT2D eigenvalue weighted by atomic mass is 10.1. The topological polar surface area (TPSA) is 159 Å². The van der Waals surface area contributed by atoms with Gasteiger partial charge in [-0.1, -0.05) is 6.07 Å². The monoisotopic (exact) mass is 490 g/mol. The molecule has 0 radical (unpaired) electrons. The van der Waals surface area contributed by atoms with E-state index in [9.17, 15) is 9.59 Å². The van der Waals surface area contributed by atoms with Crippen molar-refractivity contribution in [3.8, 4) is 28.6 Å². The zero-order valence-corrected chi connectivity index (χ0v) is 19.7. The molecule has 4 aromatic rings. The summed E-state index contributed by atoms with van der Waals surface area (Å²) in [6.45, 7) is 0. The Morgan fingerprint density at radius 2 is 1.94 bits per heavy atom. The molecule has 1 aliphatic rings. The average Bonchev–Trinajstić information content (AvgIpc) is 3.47. The molecule has 3 heterocycles. The smallest absolute Gasteiger partial charge is 0.396 e. The molecule has 184 valence electrons. The zero-order chi connectivity index (χ0) is 25.2. The largest absolute Gasteiger partial charge is 0.494 e. The van der Waals surface area contributed by atoms with E-state index in [2.05, 4.69) is 40.6 Å². The van der Waals surface area contributed by atoms with Crippen LogP contribution in [0.3, 0.4) is 0 Å². The summed E-state index contributed by atoms with van der Waals surface area (Å²) < 4.78 is 17.4. The minimum Gasteiger partial charge on any atom is -0.494 e. The lowest BCUT2D eigenvalue weighted by Gasteiger charge is -2.16. The van der Waals surface area contributed by atoms with Crippen molar-refractivity contribution < 1.29 is 23.5 Å². The number of para-hydroxylation sites is 1. The summed E-state index contributed by atoms with van der Waals surface area (Å²) >= 11 is 0. The van der Waals surface area contributed by atoms with E-state index in [0.717, 1.165) is 12.8 Å². The number of carbonyl (C=O) groups is 2. The molecule has 36 heavy (non-hydrogen) atoms. The van der Waals surface area contributed by atoms with Crippen molar-refractivity contribution in [2.24, 2.45) is 13.0 Å². The number of esters is 1. The lowest BCUT2D eigenvalue weighted by Crippen LogP contribution is -2.14. The van der Waals surface area contributed by atoms with Crippen molar-refractivity contribution in [3.63, 3.8) is 0 Å². The van der Waals surface area contributed by atoms with Crippen LogP contribution in [0.4, 0.5) is 17.2 Å². The van der Waals surface area contributed by atoms with E-state index in [0.29, 0.717) is 39.9 Å². The summed E-state index contributed by atoms with van der Waals surface area (Å²) in [5.41, 5.74) is 2.12. The molecule has 0 atom stereocenters. The highest BCUT2D eigenvalue weighted by molar-refractivity contribution is 5.94. The van der Waals surface area contributed by atoms with E-state index in [1.807, 2.05) is 18.2 Å². The maximum atomic E-state index is 12.3. The fourth-order valence-electron chi connectivity index (χ4n) is 3.51. The molecule has 1 fully saturated rings. The Kier molecular flexibility index (Phi) is 6.02. The first-order valence-electron chi connectivity index (χ1n) is 11.0. The van der Waals surface area contributed by atoms with Gasteiger partial charge in [-0.2, -0.15) is 5.10 Å². The fourth-order valence-corrected chi connectivity index (χ4v) is 3.51. The highest BCUT2D eigenvalue weighted by atomic mass is 16.5. The van der Waals surface area contributed by atoms with Crippen molar-refractivity contribution in [2.75, 3.05) is 24.9 Å². The first kappa shape index (κ1) is 23.0. The van der Waals surface area contributed by atoms with Gasteiger partial charge in [-0.05, 0) is 25.0 Å². The maximum absolute atomic E-state index is 12.3. The molecule has 1 aromatic carbocycles. The van der Waals surface area contributed by atoms with Crippen LogP contribution in [-0.4, -0.2) is 56.0 Å². The fraction of sp³-hybridized carbons (Fsp3) is 0.261. The number of methoxy groups -OCH3 is 2. The molecule has 0 spiro atoms. The number of pyridine rings is 1. The first-order valence-corrected chi connectivity index (χ1v) is 11.0. The molecular formula is C23H22N8O5. The molecule has 0 bridgehead atoms. The SMILES string of the molecule is COC(=O)c1nnc(-c2cnc(NC(=O)C3CC3)cc2Nc2cccc(-c3ncn(C)n3)c2OC)o1. The number of hydrogen-bond donors (Lipinski definition) is 2. The number of aryl methyl sites for hydroxylation is 1. The minimum absolute atomic E-state index is 0.00379. The second-order valence-corrected chi connectivity index (χ2v) is 8.04. The maximum Gasteiger partial charge on any atom is 0.396 e. The number of ether oxygens (including phenoxy) is 2. The molecule has 0 aliphatic heterocycles. The van der Waals surface area contributed by atoms with E-state index in [1.54, 1.807) is 31.2 Å². The summed E-state index contributed by atoms with van der Waals surface area (Å²) in [5.74, 6) is 0.212. The number of benzene rings is 1. The van der Waals surface area contributed by atoms with Gasteiger partial charge in [0.05, 0.1) is 36.7 Å². The first-order chi connectivity index (χ1) is 17.5. The van der Waals surface area contributed by atoms with Crippen molar-refractivity contribution in [2.45, 2.75) is 12.8 Å². The third kappa shape index (κ3) is 4.58. The van der Waals surface area contributed by atoms with Crippen LogP contribution in [0.25, 0.3) is 22.8 Å². The van der Waals surface area contributed by atoms with Gasteiger partial charge >= 0.3 is 11.9 Å². The Hall–Kier alpha value is -4.81. The van der Waals surface area contributed by atoms with E-state index in [1.165, 1.54) is 13.3 Å². The van der Waals surface area contributed by atoms with Crippen LogP contribution >= 0.6 is 0 Å². The summed E-state index contributed by atoms with van der Waals surface area (Å²) in [6.07, 6.45) is 4.78. The van der Waals surface area contributed by atoms with Gasteiger partial charge in [-0.25, -0.2) is 14.8 Å². The number of aromatic nitrogens is 6. The number of amides is 1. The standard InChI is InChI=1S/C23H22N8O5/c1-31-11-25-19(30-31)13-5-4-6-15(18(13)34-2)26-16-9-17(27-20(32)12-7-8-12)24-10-14(16)21-28-29-22(36-21)23(33)35-3/h4-6,9-12H,7-8H2,1-3H3,(H2,24,26,27,32). The van der Waals surface area contributed by atoms with Gasteiger partial charge in [0.15, 0.2) is 11.6 Å². The zero-order valence-electron chi connectivity index (χ0n) is 19.7. The predicted molar refractivity (Wildman–Crippen MR) is 126 cm³/mol. The Balaban J connectivity index is 1.55. The number of anilines is 3. The molecule has 0 unspecified atom stereocenters. The summed E-state index contributed by atoms with van der Waals surface area (Å²) in [7, 11) is 4.54. The summed E-state index contributed by atoms with van der Waals surface area (Å²) in [5, 5.41) is 18.2. The molecule has 1 saturated carbocycles. The van der Waals surface area contributed by atoms with Crippen molar-refractivity contribution in [1.82, 2.24) is 29.9 Å². The highest BCUT2D eigenvalue weighted by Gasteiger charge is 2.30. The van der Waals surface area contributed by atoms with E-state index in [4.69, 9.17) is 9.15 Å². The molecule has 3 aromatic heterocycles. The van der Waals surface area contributed by atoms with E-state index < -0.39 is 5.97 Å². The molecule has 1 amide bonds. The second kappa shape index (κ2) is 9.44. The van der Waals surface area contributed by atoms with Crippen LogP contribution in [0.1, 0.15) is 23.5 Å². The Bertz CT molecular complexity index is 1440. The van der Waals surface area contributed by atoms with E-state index in [-0.39, 0.29) is 23.6 Å². The van der Waals surface area contributed by atoms with Crippen LogP contribution in [0.15, 0.2) is 41.2 Å². The summed E-state index contributed by atoms with van der Waals surface area (Å²) in [4.78, 5) is 32.8. The molecule has 1 aliphatic carbocycles. The minimum atomic E-state index is -0.762. The summed E-state index contributed by atoms with van der Waals surface area (Å²) in [6, 6.07) is 7.12. The predicted octanol–water partition coefficient (Wildman–Crippen LogP) is 2.81. The Morgan fingerprint density at radius 3 is 2.64 bits per heavy atom. The number of nitrogens with one attached hydrogen (secondary N) is 2. The number of rotatable bonds is 8. The number of hydrogen-bond acceptors (Lipinski definition) is 11. The Morgan fingerprint density at radius 1 is 1.11 bits per heavy atom. The third-order valence-electron chi connectivity index (χ3n) is 5.45. The van der Waals surface area contributed by atoms with Crippen LogP contribution in [-0.2, 0) is 16.6 Å². The van der Waals surface area contributed by atoms with Gasteiger partial charge in [0, 0.05) is 25.2 Å². The van der Waals surface area contributed by atoms with Gasteiger partial charge < -0.3 is 24.5 Å².